The molecule has 114 valence electrons. The van der Waals surface area contributed by atoms with E-state index in [4.69, 9.17) is 0 Å². The van der Waals surface area contributed by atoms with Gasteiger partial charge in [-0.1, -0.05) is 12.1 Å². The number of nitro benzene ring substituents is 1. The van der Waals surface area contributed by atoms with Gasteiger partial charge in [0.05, 0.1) is 4.92 Å². The Morgan fingerprint density at radius 2 is 1.91 bits per heavy atom. The molecule has 0 amide bonds. The van der Waals surface area contributed by atoms with Crippen LogP contribution in [0.2, 0.25) is 0 Å². The average molecular weight is 312 g/mol. The standard InChI is InChI=1S/C13H7F3N2O4/c14-13(15,16)22-10-6-3-5-9(18(20)21)11(10)12(19)8-4-1-2-7-17-8/h1-7H. The monoisotopic (exact) mass is 312 g/mol. The molecule has 0 fully saturated rings. The Balaban J connectivity index is 2.60. The van der Waals surface area contributed by atoms with Crippen molar-refractivity contribution in [3.05, 3.63) is 64.0 Å². The number of pyridine rings is 1. The quantitative estimate of drug-likeness (QED) is 0.492. The van der Waals surface area contributed by atoms with Gasteiger partial charge in [0.25, 0.3) is 5.69 Å². The van der Waals surface area contributed by atoms with Crippen LogP contribution < -0.4 is 4.74 Å². The zero-order valence-corrected chi connectivity index (χ0v) is 10.7. The van der Waals surface area contributed by atoms with Crippen molar-refractivity contribution in [3.63, 3.8) is 0 Å². The number of alkyl halides is 3. The fourth-order valence-corrected chi connectivity index (χ4v) is 1.73. The number of nitrogens with zero attached hydrogens (tertiary/aromatic N) is 2. The summed E-state index contributed by atoms with van der Waals surface area (Å²) in [5.74, 6) is -1.98. The Labute approximate surface area is 121 Å². The van der Waals surface area contributed by atoms with Gasteiger partial charge < -0.3 is 4.74 Å². The zero-order chi connectivity index (χ0) is 16.3. The fourth-order valence-electron chi connectivity index (χ4n) is 1.73. The number of nitro groups is 1. The van der Waals surface area contributed by atoms with Crippen LogP contribution in [0.1, 0.15) is 16.1 Å². The third-order valence-electron chi connectivity index (χ3n) is 2.55. The molecule has 0 aliphatic rings. The minimum Gasteiger partial charge on any atom is -0.405 e. The fraction of sp³-hybridized carbons (Fsp3) is 0.0769. The summed E-state index contributed by atoms with van der Waals surface area (Å²) in [4.78, 5) is 26.0. The van der Waals surface area contributed by atoms with Crippen LogP contribution in [0.3, 0.4) is 0 Å². The van der Waals surface area contributed by atoms with Gasteiger partial charge in [0.15, 0.2) is 0 Å². The first-order chi connectivity index (χ1) is 10.3. The van der Waals surface area contributed by atoms with Gasteiger partial charge in [-0.3, -0.25) is 19.9 Å². The van der Waals surface area contributed by atoms with E-state index < -0.39 is 34.1 Å². The average Bonchev–Trinajstić information content (AvgIpc) is 2.45. The lowest BCUT2D eigenvalue weighted by molar-refractivity contribution is -0.385. The van der Waals surface area contributed by atoms with E-state index in [9.17, 15) is 28.1 Å². The molecule has 0 radical (unpaired) electrons. The first kappa shape index (κ1) is 15.4. The highest BCUT2D eigenvalue weighted by atomic mass is 19.4. The number of ketones is 1. The smallest absolute Gasteiger partial charge is 0.405 e. The minimum atomic E-state index is -5.09. The van der Waals surface area contributed by atoms with Crippen LogP contribution in [0.5, 0.6) is 5.75 Å². The Hall–Kier alpha value is -2.97. The molecule has 0 N–H and O–H groups in total. The molecule has 2 aromatic rings. The lowest BCUT2D eigenvalue weighted by atomic mass is 10.0. The molecule has 6 nitrogen and oxygen atoms in total. The van der Waals surface area contributed by atoms with Crippen molar-refractivity contribution < 1.29 is 27.6 Å². The van der Waals surface area contributed by atoms with Gasteiger partial charge in [-0.2, -0.15) is 0 Å². The second-order valence-electron chi connectivity index (χ2n) is 4.00. The van der Waals surface area contributed by atoms with Crippen LogP contribution in [0.15, 0.2) is 42.6 Å². The van der Waals surface area contributed by atoms with Gasteiger partial charge >= 0.3 is 6.36 Å². The van der Waals surface area contributed by atoms with Crippen LogP contribution in [0.4, 0.5) is 18.9 Å². The summed E-state index contributed by atoms with van der Waals surface area (Å²) < 4.78 is 40.9. The maximum absolute atomic E-state index is 12.4. The Bertz CT molecular complexity index is 717. The van der Waals surface area contributed by atoms with Crippen molar-refractivity contribution in [2.45, 2.75) is 6.36 Å². The number of hydrogen-bond donors (Lipinski definition) is 0. The second kappa shape index (κ2) is 5.80. The lowest BCUT2D eigenvalue weighted by Gasteiger charge is -2.12. The van der Waals surface area contributed by atoms with Crippen molar-refractivity contribution in [2.24, 2.45) is 0 Å². The third kappa shape index (κ3) is 3.37. The van der Waals surface area contributed by atoms with Crippen LogP contribution in [-0.4, -0.2) is 22.1 Å². The molecular weight excluding hydrogens is 305 g/mol. The van der Waals surface area contributed by atoms with E-state index in [0.717, 1.165) is 18.2 Å². The van der Waals surface area contributed by atoms with E-state index in [0.29, 0.717) is 0 Å². The minimum absolute atomic E-state index is 0.233. The molecule has 0 saturated carbocycles. The summed E-state index contributed by atoms with van der Waals surface area (Å²) in [5, 5.41) is 11.0. The maximum atomic E-state index is 12.4. The summed E-state index contributed by atoms with van der Waals surface area (Å²) in [6.45, 7) is 0. The molecular formula is C13H7F3N2O4. The number of benzene rings is 1. The zero-order valence-electron chi connectivity index (χ0n) is 10.7. The number of hydrogen-bond acceptors (Lipinski definition) is 5. The normalized spacial score (nSPS) is 11.0. The van der Waals surface area contributed by atoms with E-state index in [2.05, 4.69) is 9.72 Å². The van der Waals surface area contributed by atoms with E-state index >= 15 is 0 Å². The van der Waals surface area contributed by atoms with E-state index in [1.165, 1.54) is 24.4 Å². The first-order valence-corrected chi connectivity index (χ1v) is 5.78. The number of aromatic nitrogens is 1. The number of carbonyl (C=O) groups excluding carboxylic acids is 1. The number of rotatable bonds is 4. The van der Waals surface area contributed by atoms with E-state index in [1.807, 2.05) is 0 Å². The molecule has 0 spiro atoms. The molecule has 1 aromatic carbocycles. The Morgan fingerprint density at radius 1 is 1.18 bits per heavy atom. The Kier molecular flexibility index (Phi) is 4.06. The second-order valence-corrected chi connectivity index (χ2v) is 4.00. The first-order valence-electron chi connectivity index (χ1n) is 5.78. The van der Waals surface area contributed by atoms with Crippen molar-refractivity contribution in [1.29, 1.82) is 0 Å². The summed E-state index contributed by atoms with van der Waals surface area (Å²) in [6, 6.07) is 6.89. The van der Waals surface area contributed by atoms with Crippen molar-refractivity contribution in [1.82, 2.24) is 4.98 Å². The van der Waals surface area contributed by atoms with Gasteiger partial charge in [0, 0.05) is 12.3 Å². The van der Waals surface area contributed by atoms with Crippen molar-refractivity contribution in [3.8, 4) is 5.75 Å². The highest BCUT2D eigenvalue weighted by molar-refractivity contribution is 6.12. The van der Waals surface area contributed by atoms with Crippen LogP contribution in [-0.2, 0) is 0 Å². The SMILES string of the molecule is O=C(c1ccccn1)c1c(OC(F)(F)F)cccc1[N+](=O)[O-]. The van der Waals surface area contributed by atoms with Crippen molar-refractivity contribution >= 4 is 11.5 Å². The molecule has 0 aliphatic heterocycles. The molecule has 0 unspecified atom stereocenters. The molecule has 2 rings (SSSR count). The predicted molar refractivity (Wildman–Crippen MR) is 67.4 cm³/mol. The lowest BCUT2D eigenvalue weighted by Crippen LogP contribution is -2.20. The number of ether oxygens (including phenoxy) is 1. The van der Waals surface area contributed by atoms with Crippen LogP contribution in [0, 0.1) is 10.1 Å². The van der Waals surface area contributed by atoms with Crippen molar-refractivity contribution in [2.75, 3.05) is 0 Å². The molecule has 1 heterocycles. The highest BCUT2D eigenvalue weighted by Crippen LogP contribution is 2.33. The molecule has 9 heteroatoms. The predicted octanol–water partition coefficient (Wildman–Crippen LogP) is 3.12. The van der Waals surface area contributed by atoms with E-state index in [-0.39, 0.29) is 5.69 Å². The molecule has 0 bridgehead atoms. The van der Waals surface area contributed by atoms with Gasteiger partial charge in [0.2, 0.25) is 5.78 Å². The molecule has 1 aromatic heterocycles. The molecule has 0 aliphatic carbocycles. The Morgan fingerprint density at radius 3 is 2.45 bits per heavy atom. The molecule has 22 heavy (non-hydrogen) atoms. The number of carbonyl (C=O) groups is 1. The van der Waals surface area contributed by atoms with E-state index in [1.54, 1.807) is 0 Å². The summed E-state index contributed by atoms with van der Waals surface area (Å²) in [7, 11) is 0. The number of halogens is 3. The van der Waals surface area contributed by atoms with Crippen LogP contribution in [0.25, 0.3) is 0 Å². The molecule has 0 saturated heterocycles. The molecule has 0 atom stereocenters. The largest absolute Gasteiger partial charge is 0.573 e. The van der Waals surface area contributed by atoms with Crippen LogP contribution >= 0.6 is 0 Å². The van der Waals surface area contributed by atoms with Gasteiger partial charge in [-0.25, -0.2) is 0 Å². The summed E-state index contributed by atoms with van der Waals surface area (Å²) in [6.07, 6.45) is -3.85. The summed E-state index contributed by atoms with van der Waals surface area (Å²) >= 11 is 0. The third-order valence-corrected chi connectivity index (χ3v) is 2.55. The maximum Gasteiger partial charge on any atom is 0.573 e. The highest BCUT2D eigenvalue weighted by Gasteiger charge is 2.36. The van der Waals surface area contributed by atoms with Gasteiger partial charge in [-0.15, -0.1) is 13.2 Å². The van der Waals surface area contributed by atoms with Gasteiger partial charge in [-0.05, 0) is 18.2 Å². The summed E-state index contributed by atoms with van der Waals surface area (Å²) in [5.41, 5.74) is -1.83. The van der Waals surface area contributed by atoms with Gasteiger partial charge in [0.1, 0.15) is 17.0 Å². The topological polar surface area (TPSA) is 82.3 Å².